The third-order valence-electron chi connectivity index (χ3n) is 3.20. The highest BCUT2D eigenvalue weighted by Crippen LogP contribution is 2.34. The quantitative estimate of drug-likeness (QED) is 0.773. The second-order valence-corrected chi connectivity index (χ2v) is 6.65. The van der Waals surface area contributed by atoms with Gasteiger partial charge in [0.1, 0.15) is 5.75 Å². The van der Waals surface area contributed by atoms with Crippen LogP contribution in [-0.4, -0.2) is 18.2 Å². The molecule has 122 valence electrons. The Kier molecular flexibility index (Phi) is 5.14. The summed E-state index contributed by atoms with van der Waals surface area (Å²) in [6.45, 7) is 0. The molecule has 1 N–H and O–H groups in total. The van der Waals surface area contributed by atoms with E-state index in [2.05, 4.69) is 10.3 Å². The van der Waals surface area contributed by atoms with Crippen molar-refractivity contribution in [2.45, 2.75) is 0 Å². The van der Waals surface area contributed by atoms with Crippen LogP contribution in [0.15, 0.2) is 52.4 Å². The summed E-state index contributed by atoms with van der Waals surface area (Å²) in [5, 5.41) is 3.95. The van der Waals surface area contributed by atoms with Gasteiger partial charge in [-0.15, -0.1) is 0 Å². The van der Waals surface area contributed by atoms with E-state index in [9.17, 15) is 4.79 Å². The number of carbonyl (C=O) groups excluding carboxylic acids is 1. The van der Waals surface area contributed by atoms with Gasteiger partial charge in [-0.25, -0.2) is 4.99 Å². The van der Waals surface area contributed by atoms with Crippen molar-refractivity contribution in [3.63, 3.8) is 0 Å². The molecular formula is C17H12Cl2N2O2S. The number of aliphatic imine (C=N–C) groups is 1. The lowest BCUT2D eigenvalue weighted by Gasteiger charge is -2.01. The van der Waals surface area contributed by atoms with Gasteiger partial charge in [0.2, 0.25) is 0 Å². The maximum absolute atomic E-state index is 12.1. The van der Waals surface area contributed by atoms with Gasteiger partial charge in [0, 0.05) is 0 Å². The van der Waals surface area contributed by atoms with Crippen molar-refractivity contribution in [1.29, 1.82) is 0 Å². The minimum atomic E-state index is -0.209. The van der Waals surface area contributed by atoms with Gasteiger partial charge in [0.15, 0.2) is 5.17 Å². The van der Waals surface area contributed by atoms with E-state index in [0.717, 1.165) is 11.3 Å². The van der Waals surface area contributed by atoms with Crippen molar-refractivity contribution in [2.75, 3.05) is 7.11 Å². The van der Waals surface area contributed by atoms with Crippen LogP contribution in [-0.2, 0) is 4.79 Å². The third-order valence-corrected chi connectivity index (χ3v) is 4.91. The normalized spacial score (nSPS) is 17.4. The van der Waals surface area contributed by atoms with Gasteiger partial charge in [-0.1, -0.05) is 41.4 Å². The molecule has 2 aromatic rings. The monoisotopic (exact) mass is 378 g/mol. The lowest BCUT2D eigenvalue weighted by molar-refractivity contribution is -0.115. The largest absolute Gasteiger partial charge is 0.497 e. The van der Waals surface area contributed by atoms with E-state index in [1.165, 1.54) is 11.8 Å². The number of carbonyl (C=O) groups is 1. The maximum Gasteiger partial charge on any atom is 0.264 e. The lowest BCUT2D eigenvalue weighted by Crippen LogP contribution is -2.19. The predicted molar refractivity (Wildman–Crippen MR) is 100 cm³/mol. The first-order chi connectivity index (χ1) is 11.6. The van der Waals surface area contributed by atoms with Crippen molar-refractivity contribution in [2.24, 2.45) is 4.99 Å². The highest BCUT2D eigenvalue weighted by atomic mass is 35.5. The number of ether oxygens (including phenoxy) is 1. The zero-order chi connectivity index (χ0) is 17.1. The Morgan fingerprint density at radius 3 is 2.79 bits per heavy atom. The highest BCUT2D eigenvalue weighted by molar-refractivity contribution is 8.18. The van der Waals surface area contributed by atoms with Crippen LogP contribution >= 0.6 is 35.0 Å². The van der Waals surface area contributed by atoms with E-state index in [4.69, 9.17) is 27.9 Å². The molecule has 1 saturated heterocycles. The number of amidine groups is 1. The number of methoxy groups -OCH3 is 1. The van der Waals surface area contributed by atoms with Crippen LogP contribution in [0.2, 0.25) is 10.0 Å². The molecule has 0 spiro atoms. The number of hydrogen-bond donors (Lipinski definition) is 1. The summed E-state index contributed by atoms with van der Waals surface area (Å²) >= 11 is 13.3. The number of thioether (sulfide) groups is 1. The minimum absolute atomic E-state index is 0.209. The smallest absolute Gasteiger partial charge is 0.264 e. The average molecular weight is 379 g/mol. The molecule has 1 aliphatic heterocycles. The van der Waals surface area contributed by atoms with E-state index < -0.39 is 0 Å². The van der Waals surface area contributed by atoms with E-state index in [0.29, 0.717) is 25.8 Å². The van der Waals surface area contributed by atoms with E-state index in [1.807, 2.05) is 24.3 Å². The molecule has 24 heavy (non-hydrogen) atoms. The number of amides is 1. The van der Waals surface area contributed by atoms with Crippen LogP contribution < -0.4 is 10.1 Å². The molecule has 0 aromatic heterocycles. The van der Waals surface area contributed by atoms with Crippen molar-refractivity contribution in [1.82, 2.24) is 5.32 Å². The maximum atomic E-state index is 12.1. The Morgan fingerprint density at radius 1 is 1.21 bits per heavy atom. The van der Waals surface area contributed by atoms with Crippen LogP contribution in [0.4, 0.5) is 5.69 Å². The zero-order valence-corrected chi connectivity index (χ0v) is 14.9. The Balaban J connectivity index is 1.86. The summed E-state index contributed by atoms with van der Waals surface area (Å²) < 4.78 is 5.18. The van der Waals surface area contributed by atoms with E-state index in [-0.39, 0.29) is 5.91 Å². The second kappa shape index (κ2) is 7.30. The topological polar surface area (TPSA) is 50.7 Å². The number of benzene rings is 2. The van der Waals surface area contributed by atoms with Crippen LogP contribution in [0.5, 0.6) is 5.75 Å². The van der Waals surface area contributed by atoms with Crippen molar-refractivity contribution < 1.29 is 9.53 Å². The third kappa shape index (κ3) is 3.75. The molecular weight excluding hydrogens is 367 g/mol. The Morgan fingerprint density at radius 2 is 2.00 bits per heavy atom. The van der Waals surface area contributed by atoms with Crippen molar-refractivity contribution in [3.8, 4) is 5.75 Å². The fraction of sp³-hybridized carbons (Fsp3) is 0.0588. The lowest BCUT2D eigenvalue weighted by atomic mass is 10.2. The summed E-state index contributed by atoms with van der Waals surface area (Å²) in [6, 6.07) is 12.6. The van der Waals surface area contributed by atoms with Crippen molar-refractivity contribution >= 4 is 57.8 Å². The van der Waals surface area contributed by atoms with E-state index in [1.54, 1.807) is 31.4 Å². The summed E-state index contributed by atoms with van der Waals surface area (Å²) in [7, 11) is 1.60. The molecule has 0 atom stereocenters. The molecule has 0 unspecified atom stereocenters. The molecule has 0 aliphatic carbocycles. The first kappa shape index (κ1) is 16.9. The number of hydrogen-bond acceptors (Lipinski definition) is 4. The molecule has 3 rings (SSSR count). The first-order valence-electron chi connectivity index (χ1n) is 6.94. The Hall–Kier alpha value is -1.95. The van der Waals surface area contributed by atoms with Crippen molar-refractivity contribution in [3.05, 3.63) is 63.0 Å². The predicted octanol–water partition coefficient (Wildman–Crippen LogP) is 4.89. The van der Waals surface area contributed by atoms with Gasteiger partial charge in [0.25, 0.3) is 5.91 Å². The van der Waals surface area contributed by atoms with Gasteiger partial charge < -0.3 is 10.1 Å². The Labute approximate surface area is 153 Å². The van der Waals surface area contributed by atoms with Gasteiger partial charge in [-0.05, 0) is 47.7 Å². The molecule has 7 heteroatoms. The average Bonchev–Trinajstić information content (AvgIpc) is 2.91. The van der Waals surface area contributed by atoms with Crippen LogP contribution in [0, 0.1) is 0 Å². The molecule has 1 aliphatic rings. The van der Waals surface area contributed by atoms with Gasteiger partial charge in [0.05, 0.1) is 27.7 Å². The van der Waals surface area contributed by atoms with E-state index >= 15 is 0 Å². The van der Waals surface area contributed by atoms with Crippen LogP contribution in [0.3, 0.4) is 0 Å². The van der Waals surface area contributed by atoms with Crippen LogP contribution in [0.25, 0.3) is 6.08 Å². The first-order valence-corrected chi connectivity index (χ1v) is 8.52. The Bertz CT molecular complexity index is 865. The van der Waals surface area contributed by atoms with Gasteiger partial charge in [-0.2, -0.15) is 0 Å². The molecule has 1 amide bonds. The molecule has 4 nitrogen and oxygen atoms in total. The number of rotatable bonds is 3. The molecule has 1 heterocycles. The van der Waals surface area contributed by atoms with Gasteiger partial charge >= 0.3 is 0 Å². The minimum Gasteiger partial charge on any atom is -0.497 e. The standard InChI is InChI=1S/C17H12Cl2N2O2S/c1-23-11-5-2-4-10(8-11)9-14-16(22)21-17(24-14)20-13-7-3-6-12(18)15(13)19/h2-9H,1H3,(H,20,21,22)/b14-9-. The SMILES string of the molecule is COc1cccc(/C=C2\SC(=Nc3cccc(Cl)c3Cl)NC2=O)c1. The summed E-state index contributed by atoms with van der Waals surface area (Å²) in [6.07, 6.45) is 1.78. The summed E-state index contributed by atoms with van der Waals surface area (Å²) in [5.41, 5.74) is 1.38. The second-order valence-electron chi connectivity index (χ2n) is 4.83. The van der Waals surface area contributed by atoms with Gasteiger partial charge in [-0.3, -0.25) is 4.79 Å². The number of halogens is 2. The molecule has 1 fully saturated rings. The fourth-order valence-electron chi connectivity index (χ4n) is 2.05. The number of nitrogens with one attached hydrogen (secondary N) is 1. The number of nitrogens with zero attached hydrogens (tertiary/aromatic N) is 1. The molecule has 0 saturated carbocycles. The van der Waals surface area contributed by atoms with Crippen LogP contribution in [0.1, 0.15) is 5.56 Å². The summed E-state index contributed by atoms with van der Waals surface area (Å²) in [5.74, 6) is 0.520. The zero-order valence-electron chi connectivity index (χ0n) is 12.5. The highest BCUT2D eigenvalue weighted by Gasteiger charge is 2.24. The molecule has 0 bridgehead atoms. The summed E-state index contributed by atoms with van der Waals surface area (Å²) in [4.78, 5) is 17.0. The molecule has 0 radical (unpaired) electrons. The molecule has 2 aromatic carbocycles. The fourth-order valence-corrected chi connectivity index (χ4v) is 3.22.